The fourth-order valence-corrected chi connectivity index (χ4v) is 2.51. The van der Waals surface area contributed by atoms with Crippen molar-refractivity contribution in [1.29, 1.82) is 0 Å². The number of amides is 2. The van der Waals surface area contributed by atoms with Crippen molar-refractivity contribution in [2.75, 3.05) is 32.1 Å². The van der Waals surface area contributed by atoms with Gasteiger partial charge >= 0.3 is 6.03 Å². The molecule has 0 spiro atoms. The van der Waals surface area contributed by atoms with E-state index < -0.39 is 0 Å². The van der Waals surface area contributed by atoms with E-state index in [9.17, 15) is 4.79 Å². The minimum Gasteiger partial charge on any atom is -0.497 e. The number of rotatable bonds is 5. The molecule has 1 N–H and O–H groups in total. The molecule has 0 radical (unpaired) electrons. The summed E-state index contributed by atoms with van der Waals surface area (Å²) in [6.07, 6.45) is 3.72. The van der Waals surface area contributed by atoms with Crippen LogP contribution in [-0.4, -0.2) is 43.8 Å². The molecule has 0 bridgehead atoms. The van der Waals surface area contributed by atoms with Crippen molar-refractivity contribution >= 4 is 11.7 Å². The lowest BCUT2D eigenvalue weighted by Gasteiger charge is -2.17. The highest BCUT2D eigenvalue weighted by molar-refractivity contribution is 5.89. The van der Waals surface area contributed by atoms with Gasteiger partial charge in [0.15, 0.2) is 0 Å². The molecular weight excluding hydrogens is 268 g/mol. The molecule has 1 saturated heterocycles. The van der Waals surface area contributed by atoms with Gasteiger partial charge in [0.25, 0.3) is 0 Å². The third-order valence-electron chi connectivity index (χ3n) is 4.02. The Morgan fingerprint density at radius 1 is 1.38 bits per heavy atom. The number of nitrogens with one attached hydrogen (secondary N) is 1. The molecule has 1 aromatic rings. The van der Waals surface area contributed by atoms with E-state index in [-0.39, 0.29) is 12.1 Å². The van der Waals surface area contributed by atoms with Gasteiger partial charge in [-0.2, -0.15) is 0 Å². The molecule has 5 heteroatoms. The number of urea groups is 1. The fourth-order valence-electron chi connectivity index (χ4n) is 2.51. The normalized spacial score (nSPS) is 21.4. The van der Waals surface area contributed by atoms with E-state index in [2.05, 4.69) is 5.32 Å². The average molecular weight is 290 g/mol. The Kier molecular flexibility index (Phi) is 4.29. The summed E-state index contributed by atoms with van der Waals surface area (Å²) in [5.41, 5.74) is 0.752. The van der Waals surface area contributed by atoms with Crippen LogP contribution in [0.15, 0.2) is 24.3 Å². The third-order valence-corrected chi connectivity index (χ3v) is 4.02. The van der Waals surface area contributed by atoms with Crippen molar-refractivity contribution in [2.24, 2.45) is 5.92 Å². The lowest BCUT2D eigenvalue weighted by Crippen LogP contribution is -2.34. The minimum absolute atomic E-state index is 0.0687. The van der Waals surface area contributed by atoms with E-state index in [0.717, 1.165) is 36.9 Å². The quantitative estimate of drug-likeness (QED) is 0.907. The SMILES string of the molecule is COc1cccc(NC(=O)N2CCC(OCC3CC3)C2)c1. The van der Waals surface area contributed by atoms with E-state index in [1.807, 2.05) is 29.2 Å². The first-order valence-electron chi connectivity index (χ1n) is 7.56. The molecule has 1 aromatic carbocycles. The third kappa shape index (κ3) is 3.88. The predicted octanol–water partition coefficient (Wildman–Crippen LogP) is 2.73. The smallest absolute Gasteiger partial charge is 0.321 e. The Balaban J connectivity index is 1.48. The first-order chi connectivity index (χ1) is 10.2. The lowest BCUT2D eigenvalue weighted by molar-refractivity contribution is 0.0543. The maximum Gasteiger partial charge on any atom is 0.321 e. The summed E-state index contributed by atoms with van der Waals surface area (Å²) in [6, 6.07) is 7.32. The molecule has 21 heavy (non-hydrogen) atoms. The molecule has 2 fully saturated rings. The molecule has 1 aliphatic carbocycles. The summed E-state index contributed by atoms with van der Waals surface area (Å²) in [5.74, 6) is 1.50. The van der Waals surface area contributed by atoms with Gasteiger partial charge in [-0.05, 0) is 37.3 Å². The number of ether oxygens (including phenoxy) is 2. The largest absolute Gasteiger partial charge is 0.497 e. The zero-order valence-electron chi connectivity index (χ0n) is 12.4. The highest BCUT2D eigenvalue weighted by Crippen LogP contribution is 2.30. The van der Waals surface area contributed by atoms with Gasteiger partial charge in [0.1, 0.15) is 5.75 Å². The Morgan fingerprint density at radius 3 is 3.00 bits per heavy atom. The van der Waals surface area contributed by atoms with Crippen molar-refractivity contribution in [3.05, 3.63) is 24.3 Å². The van der Waals surface area contributed by atoms with Gasteiger partial charge in [0.05, 0.1) is 13.2 Å². The number of hydrogen-bond donors (Lipinski definition) is 1. The van der Waals surface area contributed by atoms with E-state index in [0.29, 0.717) is 6.54 Å². The number of likely N-dealkylation sites (tertiary alicyclic amines) is 1. The summed E-state index contributed by atoms with van der Waals surface area (Å²) in [7, 11) is 1.61. The maximum absolute atomic E-state index is 12.2. The van der Waals surface area contributed by atoms with Crippen molar-refractivity contribution in [3.63, 3.8) is 0 Å². The van der Waals surface area contributed by atoms with Crippen LogP contribution < -0.4 is 10.1 Å². The Morgan fingerprint density at radius 2 is 2.24 bits per heavy atom. The van der Waals surface area contributed by atoms with Crippen LogP contribution in [0.4, 0.5) is 10.5 Å². The van der Waals surface area contributed by atoms with E-state index >= 15 is 0 Å². The molecule has 2 aliphatic rings. The number of anilines is 1. The zero-order chi connectivity index (χ0) is 14.7. The Labute approximate surface area is 125 Å². The Bertz CT molecular complexity index is 502. The summed E-state index contributed by atoms with van der Waals surface area (Å²) in [4.78, 5) is 14.0. The van der Waals surface area contributed by atoms with E-state index in [1.54, 1.807) is 7.11 Å². The van der Waals surface area contributed by atoms with Crippen LogP contribution >= 0.6 is 0 Å². The van der Waals surface area contributed by atoms with Gasteiger partial charge in [-0.15, -0.1) is 0 Å². The van der Waals surface area contributed by atoms with Gasteiger partial charge in [0, 0.05) is 31.5 Å². The van der Waals surface area contributed by atoms with Crippen LogP contribution in [0.3, 0.4) is 0 Å². The van der Waals surface area contributed by atoms with Crippen molar-refractivity contribution in [2.45, 2.75) is 25.4 Å². The fraction of sp³-hybridized carbons (Fsp3) is 0.562. The molecule has 0 aromatic heterocycles. The summed E-state index contributed by atoms with van der Waals surface area (Å²) >= 11 is 0. The monoisotopic (exact) mass is 290 g/mol. The molecule has 1 atom stereocenters. The molecule has 1 unspecified atom stereocenters. The van der Waals surface area contributed by atoms with Gasteiger partial charge < -0.3 is 19.7 Å². The lowest BCUT2D eigenvalue weighted by atomic mass is 10.3. The number of carbonyl (C=O) groups is 1. The zero-order valence-corrected chi connectivity index (χ0v) is 12.4. The van der Waals surface area contributed by atoms with Crippen molar-refractivity contribution in [1.82, 2.24) is 4.90 Å². The van der Waals surface area contributed by atoms with Crippen LogP contribution in [0.25, 0.3) is 0 Å². The summed E-state index contributed by atoms with van der Waals surface area (Å²) in [6.45, 7) is 2.30. The Hall–Kier alpha value is -1.75. The average Bonchev–Trinajstić information content (AvgIpc) is 3.21. The molecule has 1 saturated carbocycles. The highest BCUT2D eigenvalue weighted by Gasteiger charge is 2.29. The second-order valence-electron chi connectivity index (χ2n) is 5.80. The number of hydrogen-bond acceptors (Lipinski definition) is 3. The number of nitrogens with zero attached hydrogens (tertiary/aromatic N) is 1. The first kappa shape index (κ1) is 14.2. The molecule has 2 amide bonds. The molecule has 1 aliphatic heterocycles. The summed E-state index contributed by atoms with van der Waals surface area (Å²) < 4.78 is 11.0. The van der Waals surface area contributed by atoms with E-state index in [4.69, 9.17) is 9.47 Å². The van der Waals surface area contributed by atoms with Gasteiger partial charge in [0.2, 0.25) is 0 Å². The number of methoxy groups -OCH3 is 1. The van der Waals surface area contributed by atoms with Gasteiger partial charge in [-0.25, -0.2) is 4.79 Å². The number of carbonyl (C=O) groups excluding carboxylic acids is 1. The maximum atomic E-state index is 12.2. The van der Waals surface area contributed by atoms with Crippen LogP contribution in [0, 0.1) is 5.92 Å². The van der Waals surface area contributed by atoms with Crippen molar-refractivity contribution in [3.8, 4) is 5.75 Å². The van der Waals surface area contributed by atoms with Crippen LogP contribution in [0.5, 0.6) is 5.75 Å². The van der Waals surface area contributed by atoms with Gasteiger partial charge in [-0.1, -0.05) is 6.07 Å². The van der Waals surface area contributed by atoms with Crippen LogP contribution in [0.1, 0.15) is 19.3 Å². The van der Waals surface area contributed by atoms with Crippen LogP contribution in [0.2, 0.25) is 0 Å². The molecule has 3 rings (SSSR count). The standard InChI is InChI=1S/C16H22N2O3/c1-20-14-4-2-3-13(9-14)17-16(19)18-8-7-15(10-18)21-11-12-5-6-12/h2-4,9,12,15H,5-8,10-11H2,1H3,(H,17,19). The van der Waals surface area contributed by atoms with Crippen LogP contribution in [-0.2, 0) is 4.74 Å². The highest BCUT2D eigenvalue weighted by atomic mass is 16.5. The molecule has 114 valence electrons. The predicted molar refractivity (Wildman–Crippen MR) is 80.7 cm³/mol. The number of benzene rings is 1. The van der Waals surface area contributed by atoms with Crippen molar-refractivity contribution < 1.29 is 14.3 Å². The second-order valence-corrected chi connectivity index (χ2v) is 5.80. The second kappa shape index (κ2) is 6.35. The molecule has 1 heterocycles. The molecule has 5 nitrogen and oxygen atoms in total. The topological polar surface area (TPSA) is 50.8 Å². The summed E-state index contributed by atoms with van der Waals surface area (Å²) in [5, 5.41) is 2.91. The first-order valence-corrected chi connectivity index (χ1v) is 7.56. The van der Waals surface area contributed by atoms with E-state index in [1.165, 1.54) is 12.8 Å². The van der Waals surface area contributed by atoms with Gasteiger partial charge in [-0.3, -0.25) is 0 Å². The minimum atomic E-state index is -0.0687. The molecular formula is C16H22N2O3.